The molecule has 1 heterocycles. The van der Waals surface area contributed by atoms with Gasteiger partial charge in [0.25, 0.3) is 0 Å². The van der Waals surface area contributed by atoms with Crippen LogP contribution < -0.4 is 5.32 Å². The SMILES string of the molecule is C[C@@]12CCC[C@]1(F)CNC2. The summed E-state index contributed by atoms with van der Waals surface area (Å²) in [5.41, 5.74) is -0.903. The van der Waals surface area contributed by atoms with Gasteiger partial charge in [-0.1, -0.05) is 6.92 Å². The molecule has 1 saturated carbocycles. The van der Waals surface area contributed by atoms with Crippen molar-refractivity contribution in [1.29, 1.82) is 0 Å². The normalized spacial score (nSPS) is 53.4. The van der Waals surface area contributed by atoms with Crippen molar-refractivity contribution in [2.75, 3.05) is 13.1 Å². The summed E-state index contributed by atoms with van der Waals surface area (Å²) >= 11 is 0. The minimum absolute atomic E-state index is 0.0347. The van der Waals surface area contributed by atoms with Crippen molar-refractivity contribution >= 4 is 0 Å². The molecule has 2 aliphatic rings. The fourth-order valence-corrected chi connectivity index (χ4v) is 2.37. The Morgan fingerprint density at radius 1 is 1.30 bits per heavy atom. The summed E-state index contributed by atoms with van der Waals surface area (Å²) in [4.78, 5) is 0. The van der Waals surface area contributed by atoms with Crippen LogP contribution in [0.3, 0.4) is 0 Å². The first kappa shape index (κ1) is 6.59. The summed E-state index contributed by atoms with van der Waals surface area (Å²) in [6, 6.07) is 0. The Kier molecular flexibility index (Phi) is 1.14. The lowest BCUT2D eigenvalue weighted by atomic mass is 9.81. The fourth-order valence-electron chi connectivity index (χ4n) is 2.37. The van der Waals surface area contributed by atoms with Gasteiger partial charge in [-0.3, -0.25) is 0 Å². The molecule has 1 N–H and O–H groups in total. The number of rotatable bonds is 0. The van der Waals surface area contributed by atoms with E-state index in [-0.39, 0.29) is 5.41 Å². The third-order valence-electron chi connectivity index (χ3n) is 3.30. The summed E-state index contributed by atoms with van der Waals surface area (Å²) in [5, 5.41) is 3.13. The molecule has 1 nitrogen and oxygen atoms in total. The van der Waals surface area contributed by atoms with Gasteiger partial charge in [-0.15, -0.1) is 0 Å². The first-order valence-corrected chi connectivity index (χ1v) is 4.06. The Bertz CT molecular complexity index is 129. The molecule has 10 heavy (non-hydrogen) atoms. The van der Waals surface area contributed by atoms with Crippen LogP contribution in [0.1, 0.15) is 26.2 Å². The third-order valence-corrected chi connectivity index (χ3v) is 3.30. The van der Waals surface area contributed by atoms with E-state index in [1.54, 1.807) is 0 Å². The molecule has 0 bridgehead atoms. The van der Waals surface area contributed by atoms with Gasteiger partial charge in [-0.05, 0) is 19.3 Å². The maximum absolute atomic E-state index is 13.8. The van der Waals surface area contributed by atoms with Crippen molar-refractivity contribution in [3.05, 3.63) is 0 Å². The van der Waals surface area contributed by atoms with E-state index < -0.39 is 5.67 Å². The van der Waals surface area contributed by atoms with Crippen molar-refractivity contribution in [2.24, 2.45) is 5.41 Å². The quantitative estimate of drug-likeness (QED) is 0.541. The Morgan fingerprint density at radius 2 is 2.10 bits per heavy atom. The van der Waals surface area contributed by atoms with E-state index in [1.807, 2.05) is 0 Å². The molecule has 0 unspecified atom stereocenters. The average Bonchev–Trinajstić information content (AvgIpc) is 2.20. The second kappa shape index (κ2) is 1.73. The Morgan fingerprint density at radius 3 is 2.80 bits per heavy atom. The van der Waals surface area contributed by atoms with Crippen molar-refractivity contribution in [2.45, 2.75) is 31.9 Å². The summed E-state index contributed by atoms with van der Waals surface area (Å²) in [7, 11) is 0. The molecule has 2 rings (SSSR count). The first-order valence-electron chi connectivity index (χ1n) is 4.06. The molecule has 58 valence electrons. The molecule has 2 heteroatoms. The lowest BCUT2D eigenvalue weighted by molar-refractivity contribution is 0.0872. The molecule has 1 saturated heterocycles. The van der Waals surface area contributed by atoms with Crippen molar-refractivity contribution in [3.8, 4) is 0 Å². The largest absolute Gasteiger partial charge is 0.313 e. The highest BCUT2D eigenvalue weighted by Crippen LogP contribution is 2.50. The van der Waals surface area contributed by atoms with Gasteiger partial charge in [-0.2, -0.15) is 0 Å². The lowest BCUT2D eigenvalue weighted by Crippen LogP contribution is -2.35. The summed E-state index contributed by atoms with van der Waals surface area (Å²) in [5.74, 6) is 0. The van der Waals surface area contributed by atoms with Gasteiger partial charge in [-0.25, -0.2) is 4.39 Å². The average molecular weight is 143 g/mol. The van der Waals surface area contributed by atoms with Crippen LogP contribution in [0, 0.1) is 5.41 Å². The van der Waals surface area contributed by atoms with Gasteiger partial charge in [0, 0.05) is 18.5 Å². The van der Waals surface area contributed by atoms with Crippen molar-refractivity contribution in [1.82, 2.24) is 5.32 Å². The number of fused-ring (bicyclic) bond motifs is 1. The van der Waals surface area contributed by atoms with Crippen LogP contribution >= 0.6 is 0 Å². The topological polar surface area (TPSA) is 12.0 Å². The van der Waals surface area contributed by atoms with Crippen LogP contribution in [0.5, 0.6) is 0 Å². The molecular formula is C8H14FN. The second-order valence-electron chi connectivity index (χ2n) is 3.98. The van der Waals surface area contributed by atoms with Gasteiger partial charge in [0.2, 0.25) is 0 Å². The van der Waals surface area contributed by atoms with Gasteiger partial charge in [0.05, 0.1) is 0 Å². The molecule has 0 aromatic heterocycles. The van der Waals surface area contributed by atoms with Crippen LogP contribution in [0.15, 0.2) is 0 Å². The Hall–Kier alpha value is -0.110. The predicted octanol–water partition coefficient (Wildman–Crippen LogP) is 1.49. The number of alkyl halides is 1. The molecule has 0 amide bonds. The number of hydrogen-bond acceptors (Lipinski definition) is 1. The van der Waals surface area contributed by atoms with Crippen molar-refractivity contribution in [3.63, 3.8) is 0 Å². The van der Waals surface area contributed by atoms with Crippen LogP contribution in [0.25, 0.3) is 0 Å². The highest BCUT2D eigenvalue weighted by molar-refractivity contribution is 5.08. The zero-order chi connectivity index (χ0) is 7.24. The van der Waals surface area contributed by atoms with E-state index in [1.165, 1.54) is 0 Å². The van der Waals surface area contributed by atoms with E-state index in [9.17, 15) is 4.39 Å². The summed E-state index contributed by atoms with van der Waals surface area (Å²) in [6.45, 7) is 3.53. The lowest BCUT2D eigenvalue weighted by Gasteiger charge is -2.28. The molecule has 0 aromatic carbocycles. The summed E-state index contributed by atoms with van der Waals surface area (Å²) < 4.78 is 13.8. The molecule has 2 fully saturated rings. The van der Waals surface area contributed by atoms with Crippen LogP contribution in [-0.4, -0.2) is 18.8 Å². The van der Waals surface area contributed by atoms with Crippen LogP contribution in [0.4, 0.5) is 4.39 Å². The molecule has 0 aromatic rings. The molecule has 2 atom stereocenters. The Balaban J connectivity index is 2.30. The maximum atomic E-state index is 13.8. The number of halogens is 1. The fraction of sp³-hybridized carbons (Fsp3) is 1.00. The minimum Gasteiger partial charge on any atom is -0.313 e. The summed E-state index contributed by atoms with van der Waals surface area (Å²) in [6.07, 6.45) is 2.92. The molecule has 0 radical (unpaired) electrons. The smallest absolute Gasteiger partial charge is 0.129 e. The number of nitrogens with one attached hydrogen (secondary N) is 1. The zero-order valence-electron chi connectivity index (χ0n) is 6.41. The standard InChI is InChI=1S/C8H14FN/c1-7-3-2-4-8(7,9)6-10-5-7/h10H,2-6H2,1H3/t7-,8-/m0/s1. The van der Waals surface area contributed by atoms with E-state index >= 15 is 0 Å². The zero-order valence-corrected chi connectivity index (χ0v) is 6.41. The van der Waals surface area contributed by atoms with Crippen LogP contribution in [-0.2, 0) is 0 Å². The van der Waals surface area contributed by atoms with Gasteiger partial charge >= 0.3 is 0 Å². The minimum atomic E-state index is -0.868. The van der Waals surface area contributed by atoms with Gasteiger partial charge < -0.3 is 5.32 Å². The van der Waals surface area contributed by atoms with E-state index in [0.717, 1.165) is 25.8 Å². The molecule has 0 spiro atoms. The third kappa shape index (κ3) is 0.605. The second-order valence-corrected chi connectivity index (χ2v) is 3.98. The predicted molar refractivity (Wildman–Crippen MR) is 38.7 cm³/mol. The van der Waals surface area contributed by atoms with E-state index in [2.05, 4.69) is 12.2 Å². The number of hydrogen-bond donors (Lipinski definition) is 1. The highest BCUT2D eigenvalue weighted by atomic mass is 19.1. The Labute approximate surface area is 61.0 Å². The van der Waals surface area contributed by atoms with Crippen LogP contribution in [0.2, 0.25) is 0 Å². The highest BCUT2D eigenvalue weighted by Gasteiger charge is 2.55. The van der Waals surface area contributed by atoms with Crippen molar-refractivity contribution < 1.29 is 4.39 Å². The molecular weight excluding hydrogens is 129 g/mol. The maximum Gasteiger partial charge on any atom is 0.129 e. The molecule has 1 aliphatic carbocycles. The van der Waals surface area contributed by atoms with Gasteiger partial charge in [0.1, 0.15) is 5.67 Å². The van der Waals surface area contributed by atoms with E-state index in [0.29, 0.717) is 6.54 Å². The molecule has 1 aliphatic heterocycles. The monoisotopic (exact) mass is 143 g/mol. The van der Waals surface area contributed by atoms with E-state index in [4.69, 9.17) is 0 Å². The first-order chi connectivity index (χ1) is 4.66. The van der Waals surface area contributed by atoms with Gasteiger partial charge in [0.15, 0.2) is 0 Å².